The summed E-state index contributed by atoms with van der Waals surface area (Å²) in [5.74, 6) is -0.528. The van der Waals surface area contributed by atoms with Crippen molar-refractivity contribution in [2.24, 2.45) is 0 Å². The zero-order valence-electron chi connectivity index (χ0n) is 13.5. The molecule has 4 nitrogen and oxygen atoms in total. The van der Waals surface area contributed by atoms with Gasteiger partial charge in [-0.2, -0.15) is 0 Å². The second-order valence-electron chi connectivity index (χ2n) is 5.41. The van der Waals surface area contributed by atoms with E-state index in [1.807, 2.05) is 12.1 Å². The van der Waals surface area contributed by atoms with Crippen LogP contribution in [0, 0.1) is 0 Å². The maximum absolute atomic E-state index is 12.5. The van der Waals surface area contributed by atoms with Crippen molar-refractivity contribution in [2.45, 2.75) is 0 Å². The Bertz CT molecular complexity index is 895. The largest absolute Gasteiger partial charge is 0.320 e. The van der Waals surface area contributed by atoms with Gasteiger partial charge in [0, 0.05) is 8.95 Å². The zero-order valence-corrected chi connectivity index (χ0v) is 16.7. The van der Waals surface area contributed by atoms with Gasteiger partial charge in [-0.25, -0.2) is 0 Å². The van der Waals surface area contributed by atoms with E-state index in [0.717, 1.165) is 0 Å². The van der Waals surface area contributed by atoms with E-state index < -0.39 is 0 Å². The van der Waals surface area contributed by atoms with Crippen molar-refractivity contribution in [2.75, 3.05) is 10.6 Å². The molecular weight excluding hydrogens is 460 g/mol. The smallest absolute Gasteiger partial charge is 0.256 e. The maximum Gasteiger partial charge on any atom is 0.256 e. The predicted molar refractivity (Wildman–Crippen MR) is 111 cm³/mol. The highest BCUT2D eigenvalue weighted by molar-refractivity contribution is 9.10. The Hall–Kier alpha value is -2.44. The highest BCUT2D eigenvalue weighted by Crippen LogP contribution is 2.25. The topological polar surface area (TPSA) is 58.2 Å². The number of carbonyl (C=O) groups excluding carboxylic acids is 2. The number of carbonyl (C=O) groups is 2. The van der Waals surface area contributed by atoms with Crippen LogP contribution in [0.5, 0.6) is 0 Å². The molecule has 3 rings (SSSR count). The molecule has 0 radical (unpaired) electrons. The summed E-state index contributed by atoms with van der Waals surface area (Å²) >= 11 is 6.74. The highest BCUT2D eigenvalue weighted by atomic mass is 79.9. The fraction of sp³-hybridized carbons (Fsp3) is 0. The van der Waals surface area contributed by atoms with Gasteiger partial charge in [0.05, 0.1) is 22.5 Å². The monoisotopic (exact) mass is 472 g/mol. The van der Waals surface area contributed by atoms with Crippen molar-refractivity contribution in [1.82, 2.24) is 0 Å². The van der Waals surface area contributed by atoms with Gasteiger partial charge in [0.15, 0.2) is 0 Å². The quantitative estimate of drug-likeness (QED) is 0.509. The number of amides is 2. The number of hydrogen-bond donors (Lipinski definition) is 2. The lowest BCUT2D eigenvalue weighted by Gasteiger charge is -2.13. The predicted octanol–water partition coefficient (Wildman–Crippen LogP) is 5.72. The Kier molecular flexibility index (Phi) is 5.85. The van der Waals surface area contributed by atoms with Gasteiger partial charge in [-0.1, -0.05) is 36.4 Å². The van der Waals surface area contributed by atoms with Crippen LogP contribution in [0.15, 0.2) is 81.7 Å². The van der Waals surface area contributed by atoms with Gasteiger partial charge in [-0.05, 0) is 68.3 Å². The van der Waals surface area contributed by atoms with Crippen molar-refractivity contribution in [3.05, 3.63) is 92.9 Å². The van der Waals surface area contributed by atoms with E-state index in [-0.39, 0.29) is 11.8 Å². The minimum Gasteiger partial charge on any atom is -0.320 e. The molecule has 6 heteroatoms. The lowest BCUT2D eigenvalue weighted by atomic mass is 10.2. The van der Waals surface area contributed by atoms with Crippen LogP contribution in [0.25, 0.3) is 0 Å². The summed E-state index contributed by atoms with van der Waals surface area (Å²) in [6.07, 6.45) is 0. The molecule has 0 atom stereocenters. The Morgan fingerprint density at radius 3 is 1.31 bits per heavy atom. The molecule has 2 N–H and O–H groups in total. The van der Waals surface area contributed by atoms with E-state index in [0.29, 0.717) is 31.4 Å². The molecule has 0 spiro atoms. The maximum atomic E-state index is 12.5. The molecule has 0 saturated heterocycles. The number of para-hydroxylation sites is 2. The Balaban J connectivity index is 1.83. The lowest BCUT2D eigenvalue weighted by Crippen LogP contribution is -2.17. The molecule has 0 unspecified atom stereocenters. The zero-order chi connectivity index (χ0) is 18.5. The van der Waals surface area contributed by atoms with Crippen LogP contribution in [0.1, 0.15) is 20.7 Å². The van der Waals surface area contributed by atoms with E-state index in [1.165, 1.54) is 0 Å². The Labute approximate surface area is 167 Å². The average Bonchev–Trinajstić information content (AvgIpc) is 2.64. The van der Waals surface area contributed by atoms with E-state index in [9.17, 15) is 9.59 Å². The van der Waals surface area contributed by atoms with Gasteiger partial charge in [-0.15, -0.1) is 0 Å². The molecule has 0 saturated carbocycles. The summed E-state index contributed by atoms with van der Waals surface area (Å²) in [6, 6.07) is 21.4. The number of nitrogens with one attached hydrogen (secondary N) is 2. The average molecular weight is 474 g/mol. The van der Waals surface area contributed by atoms with Gasteiger partial charge in [-0.3, -0.25) is 9.59 Å². The summed E-state index contributed by atoms with van der Waals surface area (Å²) in [7, 11) is 0. The summed E-state index contributed by atoms with van der Waals surface area (Å²) < 4.78 is 1.40. The van der Waals surface area contributed by atoms with Gasteiger partial charge >= 0.3 is 0 Å². The minimum atomic E-state index is -0.264. The lowest BCUT2D eigenvalue weighted by molar-refractivity contribution is 0.101. The van der Waals surface area contributed by atoms with E-state index in [2.05, 4.69) is 42.5 Å². The highest BCUT2D eigenvalue weighted by Gasteiger charge is 2.14. The normalized spacial score (nSPS) is 10.2. The second kappa shape index (κ2) is 8.29. The standard InChI is InChI=1S/C20H14Br2N2O2/c21-15-9-3-1-7-13(15)19(25)23-17-11-5-6-12-18(17)24-20(26)14-8-2-4-10-16(14)22/h1-12H,(H,23,25)(H,24,26). The first kappa shape index (κ1) is 18.4. The first-order valence-electron chi connectivity index (χ1n) is 7.77. The molecule has 0 heterocycles. The fourth-order valence-corrected chi connectivity index (χ4v) is 3.30. The van der Waals surface area contributed by atoms with Crippen LogP contribution in [-0.2, 0) is 0 Å². The number of hydrogen-bond acceptors (Lipinski definition) is 2. The molecule has 2 amide bonds. The van der Waals surface area contributed by atoms with Crippen LogP contribution in [0.2, 0.25) is 0 Å². The summed E-state index contributed by atoms with van der Waals surface area (Å²) in [4.78, 5) is 25.1. The molecule has 0 aliphatic carbocycles. The molecule has 0 aliphatic rings. The number of rotatable bonds is 4. The van der Waals surface area contributed by atoms with Crippen molar-refractivity contribution >= 4 is 55.0 Å². The van der Waals surface area contributed by atoms with Crippen LogP contribution in [-0.4, -0.2) is 11.8 Å². The summed E-state index contributed by atoms with van der Waals surface area (Å²) in [6.45, 7) is 0. The third-order valence-corrected chi connectivity index (χ3v) is 5.04. The van der Waals surface area contributed by atoms with Crippen LogP contribution < -0.4 is 10.6 Å². The molecule has 130 valence electrons. The molecule has 26 heavy (non-hydrogen) atoms. The summed E-state index contributed by atoms with van der Waals surface area (Å²) in [5.41, 5.74) is 2.07. The first-order valence-corrected chi connectivity index (χ1v) is 9.35. The van der Waals surface area contributed by atoms with E-state index in [4.69, 9.17) is 0 Å². The second-order valence-corrected chi connectivity index (χ2v) is 7.12. The van der Waals surface area contributed by atoms with E-state index >= 15 is 0 Å². The molecule has 3 aromatic carbocycles. The Morgan fingerprint density at radius 2 is 0.923 bits per heavy atom. The van der Waals surface area contributed by atoms with Crippen molar-refractivity contribution in [3.63, 3.8) is 0 Å². The number of halogens is 2. The molecule has 0 aliphatic heterocycles. The van der Waals surface area contributed by atoms with Crippen molar-refractivity contribution < 1.29 is 9.59 Å². The van der Waals surface area contributed by atoms with Gasteiger partial charge in [0.25, 0.3) is 11.8 Å². The van der Waals surface area contributed by atoms with Crippen molar-refractivity contribution in [3.8, 4) is 0 Å². The summed E-state index contributed by atoms with van der Waals surface area (Å²) in [5, 5.41) is 5.69. The van der Waals surface area contributed by atoms with Crippen LogP contribution in [0.3, 0.4) is 0 Å². The number of anilines is 2. The van der Waals surface area contributed by atoms with Crippen LogP contribution >= 0.6 is 31.9 Å². The molecule has 0 bridgehead atoms. The first-order chi connectivity index (χ1) is 12.6. The van der Waals surface area contributed by atoms with E-state index in [1.54, 1.807) is 60.7 Å². The van der Waals surface area contributed by atoms with Gasteiger partial charge < -0.3 is 10.6 Å². The third-order valence-electron chi connectivity index (χ3n) is 3.66. The van der Waals surface area contributed by atoms with Gasteiger partial charge in [0.1, 0.15) is 0 Å². The molecule has 0 aromatic heterocycles. The SMILES string of the molecule is O=C(Nc1ccccc1NC(=O)c1ccccc1Br)c1ccccc1Br. The number of benzene rings is 3. The Morgan fingerprint density at radius 1 is 0.577 bits per heavy atom. The molecule has 0 fully saturated rings. The van der Waals surface area contributed by atoms with Gasteiger partial charge in [0.2, 0.25) is 0 Å². The van der Waals surface area contributed by atoms with Crippen LogP contribution in [0.4, 0.5) is 11.4 Å². The van der Waals surface area contributed by atoms with Crippen molar-refractivity contribution in [1.29, 1.82) is 0 Å². The molecule has 3 aromatic rings. The fourth-order valence-electron chi connectivity index (χ4n) is 2.37. The minimum absolute atomic E-state index is 0.264. The third kappa shape index (κ3) is 4.20. The molecular formula is C20H14Br2N2O2.